The van der Waals surface area contributed by atoms with Gasteiger partial charge in [-0.15, -0.1) is 0 Å². The number of hydrogen-bond acceptors (Lipinski definition) is 5. The number of rotatable bonds is 7. The molecule has 0 atom stereocenters. The molecule has 9 nitrogen and oxygen atoms in total. The van der Waals surface area contributed by atoms with E-state index in [0.29, 0.717) is 22.5 Å². The monoisotopic (exact) mass is 420 g/mol. The summed E-state index contributed by atoms with van der Waals surface area (Å²) in [7, 11) is 0. The van der Waals surface area contributed by atoms with Crippen LogP contribution in [0.1, 0.15) is 36.8 Å². The molecular weight excluding hydrogens is 400 g/mol. The van der Waals surface area contributed by atoms with Crippen molar-refractivity contribution in [2.75, 3.05) is 17.2 Å². The summed E-state index contributed by atoms with van der Waals surface area (Å²) in [5.41, 5.74) is 7.38. The van der Waals surface area contributed by atoms with Gasteiger partial charge in [0.25, 0.3) is 17.7 Å². The Morgan fingerprint density at radius 2 is 1.58 bits per heavy atom. The lowest BCUT2D eigenvalue weighted by molar-refractivity contribution is -0.117. The van der Waals surface area contributed by atoms with Gasteiger partial charge in [0.05, 0.1) is 12.8 Å². The van der Waals surface area contributed by atoms with Gasteiger partial charge in [0.2, 0.25) is 5.91 Å². The minimum atomic E-state index is -0.643. The van der Waals surface area contributed by atoms with Crippen LogP contribution in [0.3, 0.4) is 0 Å². The van der Waals surface area contributed by atoms with Crippen LogP contribution in [0.2, 0.25) is 0 Å². The topological polar surface area (TPSA) is 144 Å². The molecule has 0 aliphatic rings. The Bertz CT molecular complexity index is 1120. The van der Waals surface area contributed by atoms with Crippen LogP contribution in [0.15, 0.2) is 65.3 Å². The summed E-state index contributed by atoms with van der Waals surface area (Å²) in [6.07, 6.45) is 1.40. The standard InChI is InChI=1S/C22H20N4O5/c1-13-4-5-15(11-17(13)26-22(30)18-3-2-10-31-18)21(29)25-16-8-6-14(7-9-16)20(28)24-12-19(23)27/h2-11H,12H2,1H3,(H2,23,27)(H,24,28)(H,25,29)(H,26,30). The van der Waals surface area contributed by atoms with Crippen LogP contribution < -0.4 is 21.7 Å². The third-order valence-corrected chi connectivity index (χ3v) is 4.32. The Labute approximate surface area is 177 Å². The van der Waals surface area contributed by atoms with Gasteiger partial charge in [0, 0.05) is 22.5 Å². The number of anilines is 2. The number of primary amides is 1. The zero-order chi connectivity index (χ0) is 22.4. The number of nitrogens with two attached hydrogens (primary N) is 1. The van der Waals surface area contributed by atoms with Crippen molar-refractivity contribution in [2.24, 2.45) is 5.73 Å². The van der Waals surface area contributed by atoms with Crippen LogP contribution in [0.25, 0.3) is 0 Å². The second-order valence-corrected chi connectivity index (χ2v) is 6.64. The zero-order valence-electron chi connectivity index (χ0n) is 16.6. The van der Waals surface area contributed by atoms with Gasteiger partial charge in [-0.2, -0.15) is 0 Å². The van der Waals surface area contributed by atoms with E-state index in [-0.39, 0.29) is 18.2 Å². The molecule has 9 heteroatoms. The molecule has 3 rings (SSSR count). The molecule has 0 saturated carbocycles. The number of aryl methyl sites for hydroxylation is 1. The van der Waals surface area contributed by atoms with Crippen molar-refractivity contribution < 1.29 is 23.6 Å². The maximum atomic E-state index is 12.6. The third-order valence-electron chi connectivity index (χ3n) is 4.32. The SMILES string of the molecule is Cc1ccc(C(=O)Nc2ccc(C(=O)NCC(N)=O)cc2)cc1NC(=O)c1ccco1. The molecule has 3 aromatic rings. The number of benzene rings is 2. The lowest BCUT2D eigenvalue weighted by atomic mass is 10.1. The molecule has 2 aromatic carbocycles. The molecule has 0 spiro atoms. The summed E-state index contributed by atoms with van der Waals surface area (Å²) in [5.74, 6) is -1.74. The van der Waals surface area contributed by atoms with Crippen molar-refractivity contribution in [1.82, 2.24) is 5.32 Å². The molecule has 4 amide bonds. The summed E-state index contributed by atoms with van der Waals surface area (Å²) in [5, 5.41) is 7.83. The fraction of sp³-hybridized carbons (Fsp3) is 0.0909. The zero-order valence-corrected chi connectivity index (χ0v) is 16.6. The summed E-state index contributed by atoms with van der Waals surface area (Å²) < 4.78 is 5.07. The highest BCUT2D eigenvalue weighted by atomic mass is 16.3. The molecule has 0 saturated heterocycles. The first-order valence-corrected chi connectivity index (χ1v) is 9.27. The van der Waals surface area contributed by atoms with E-state index < -0.39 is 17.7 Å². The fourth-order valence-corrected chi connectivity index (χ4v) is 2.67. The maximum absolute atomic E-state index is 12.6. The second-order valence-electron chi connectivity index (χ2n) is 6.64. The van der Waals surface area contributed by atoms with Gasteiger partial charge in [-0.3, -0.25) is 19.2 Å². The van der Waals surface area contributed by atoms with Crippen molar-refractivity contribution in [3.8, 4) is 0 Å². The number of carbonyl (C=O) groups is 4. The minimum absolute atomic E-state index is 0.161. The predicted octanol–water partition coefficient (Wildman–Crippen LogP) is 2.31. The maximum Gasteiger partial charge on any atom is 0.291 e. The molecule has 0 aliphatic carbocycles. The van der Waals surface area contributed by atoms with E-state index in [4.69, 9.17) is 10.2 Å². The predicted molar refractivity (Wildman–Crippen MR) is 114 cm³/mol. The second kappa shape index (κ2) is 9.40. The molecule has 31 heavy (non-hydrogen) atoms. The summed E-state index contributed by atoms with van der Waals surface area (Å²) in [6.45, 7) is 1.55. The highest BCUT2D eigenvalue weighted by Gasteiger charge is 2.14. The van der Waals surface area contributed by atoms with Gasteiger partial charge < -0.3 is 26.1 Å². The number of amides is 4. The largest absolute Gasteiger partial charge is 0.459 e. The van der Waals surface area contributed by atoms with E-state index >= 15 is 0 Å². The quantitative estimate of drug-likeness (QED) is 0.464. The molecular formula is C22H20N4O5. The number of carbonyl (C=O) groups excluding carboxylic acids is 4. The molecule has 5 N–H and O–H groups in total. The van der Waals surface area contributed by atoms with Crippen LogP contribution in [0.5, 0.6) is 0 Å². The van der Waals surface area contributed by atoms with Gasteiger partial charge in [0.1, 0.15) is 0 Å². The Kier molecular flexibility index (Phi) is 6.46. The first-order chi connectivity index (χ1) is 14.8. The highest BCUT2D eigenvalue weighted by Crippen LogP contribution is 2.19. The first-order valence-electron chi connectivity index (χ1n) is 9.27. The first kappa shape index (κ1) is 21.3. The summed E-state index contributed by atoms with van der Waals surface area (Å²) in [4.78, 5) is 47.5. The fourth-order valence-electron chi connectivity index (χ4n) is 2.67. The number of nitrogens with one attached hydrogen (secondary N) is 3. The minimum Gasteiger partial charge on any atom is -0.459 e. The normalized spacial score (nSPS) is 10.2. The smallest absolute Gasteiger partial charge is 0.291 e. The van der Waals surface area contributed by atoms with E-state index in [0.717, 1.165) is 5.56 Å². The van der Waals surface area contributed by atoms with Gasteiger partial charge in [0.15, 0.2) is 5.76 Å². The van der Waals surface area contributed by atoms with Crippen LogP contribution in [-0.4, -0.2) is 30.2 Å². The van der Waals surface area contributed by atoms with Crippen LogP contribution in [-0.2, 0) is 4.79 Å². The van der Waals surface area contributed by atoms with Crippen LogP contribution in [0, 0.1) is 6.92 Å². The van der Waals surface area contributed by atoms with Crippen LogP contribution in [0.4, 0.5) is 11.4 Å². The highest BCUT2D eigenvalue weighted by molar-refractivity contribution is 6.07. The molecule has 0 radical (unpaired) electrons. The van der Waals surface area contributed by atoms with Gasteiger partial charge in [-0.1, -0.05) is 6.07 Å². The summed E-state index contributed by atoms with van der Waals surface area (Å²) in [6, 6.07) is 14.2. The Morgan fingerprint density at radius 3 is 2.23 bits per heavy atom. The van der Waals surface area contributed by atoms with Gasteiger partial charge in [-0.05, 0) is 61.0 Å². The van der Waals surface area contributed by atoms with E-state index in [1.807, 2.05) is 0 Å². The van der Waals surface area contributed by atoms with Gasteiger partial charge >= 0.3 is 0 Å². The van der Waals surface area contributed by atoms with E-state index in [9.17, 15) is 19.2 Å². The molecule has 0 aliphatic heterocycles. The Hall–Kier alpha value is -4.40. The van der Waals surface area contributed by atoms with E-state index in [1.165, 1.54) is 18.4 Å². The van der Waals surface area contributed by atoms with Crippen molar-refractivity contribution in [1.29, 1.82) is 0 Å². The lowest BCUT2D eigenvalue weighted by Crippen LogP contribution is -2.33. The Balaban J connectivity index is 1.67. The van der Waals surface area contributed by atoms with Gasteiger partial charge in [-0.25, -0.2) is 0 Å². The lowest BCUT2D eigenvalue weighted by Gasteiger charge is -2.11. The average Bonchev–Trinajstić information content (AvgIpc) is 3.29. The molecule has 1 aromatic heterocycles. The van der Waals surface area contributed by atoms with Crippen molar-refractivity contribution >= 4 is 35.0 Å². The van der Waals surface area contributed by atoms with Crippen molar-refractivity contribution in [2.45, 2.75) is 6.92 Å². The molecule has 158 valence electrons. The number of hydrogen-bond donors (Lipinski definition) is 4. The molecule has 1 heterocycles. The molecule has 0 bridgehead atoms. The van der Waals surface area contributed by atoms with Crippen LogP contribution >= 0.6 is 0 Å². The Morgan fingerprint density at radius 1 is 0.871 bits per heavy atom. The van der Waals surface area contributed by atoms with E-state index in [2.05, 4.69) is 16.0 Å². The average molecular weight is 420 g/mol. The van der Waals surface area contributed by atoms with Crippen molar-refractivity contribution in [3.63, 3.8) is 0 Å². The van der Waals surface area contributed by atoms with Crippen molar-refractivity contribution in [3.05, 3.63) is 83.3 Å². The van der Waals surface area contributed by atoms with E-state index in [1.54, 1.807) is 49.4 Å². The summed E-state index contributed by atoms with van der Waals surface area (Å²) >= 11 is 0. The third kappa shape index (κ3) is 5.57. The number of furan rings is 1. The molecule has 0 unspecified atom stereocenters. The molecule has 0 fully saturated rings.